The van der Waals surface area contributed by atoms with Crippen molar-refractivity contribution in [2.45, 2.75) is 272 Å². The number of nitrogens with two attached hydrogens (primary N) is 7. The summed E-state index contributed by atoms with van der Waals surface area (Å²) in [5.41, 5.74) is 42.9. The number of nitrogens with zero attached hydrogens (tertiary/aromatic N) is 8. The molecule has 1 aliphatic carbocycles. The third kappa shape index (κ3) is 22.1. The molecule has 4 fully saturated rings. The molecule has 3 aromatic rings. The number of allylic oxidation sites excluding steroid dienone is 6. The first-order chi connectivity index (χ1) is 60.2. The number of primary amides is 7. The normalized spacial score (nSPS) is 29.5. The van der Waals surface area contributed by atoms with E-state index in [2.05, 4.69) is 15.6 Å². The van der Waals surface area contributed by atoms with Gasteiger partial charge in [0, 0.05) is 121 Å². The predicted molar refractivity (Wildman–Crippen MR) is 473 cm³/mol. The maximum absolute atomic E-state index is 14.4. The van der Waals surface area contributed by atoms with Gasteiger partial charge in [0.25, 0.3) is 7.82 Å². The molecule has 37 nitrogen and oxygen atoms in total. The average Bonchev–Trinajstić information content (AvgIpc) is 1.52. The Morgan fingerprint density at radius 3 is 1.88 bits per heavy atom. The number of fused-ring (bicyclic) bond motifs is 7. The monoisotopic (exact) mass is 1860 g/mol. The number of likely N-dealkylation sites (tertiary alicyclic amines) is 1. The summed E-state index contributed by atoms with van der Waals surface area (Å²) in [5.74, 6) is -7.17. The molecule has 39 heteroatoms. The van der Waals surface area contributed by atoms with Crippen molar-refractivity contribution in [2.75, 3.05) is 41.0 Å². The van der Waals surface area contributed by atoms with Crippen molar-refractivity contribution in [3.05, 3.63) is 93.5 Å². The zero-order chi connectivity index (χ0) is 94.9. The van der Waals surface area contributed by atoms with Crippen LogP contribution in [0.2, 0.25) is 0 Å². The molecule has 11 rings (SSSR count). The number of carbonyl (C=O) groups is 10. The van der Waals surface area contributed by atoms with Gasteiger partial charge in [-0.15, -0.1) is 0 Å². The number of amides is 10. The molecule has 129 heavy (non-hydrogen) atoms. The molecular formula is C90H129CoN17O20P. The minimum absolute atomic E-state index is 0. The fraction of sp³-hybridized carbons (Fsp3) is 0.633. The van der Waals surface area contributed by atoms with Gasteiger partial charge in [-0.2, -0.15) is 5.70 Å². The maximum Gasteiger partial charge on any atom is 3.00 e. The first-order valence-corrected chi connectivity index (χ1v) is 45.2. The number of aliphatic hydroxyl groups excluding tert-OH is 2. The van der Waals surface area contributed by atoms with Crippen molar-refractivity contribution < 1.29 is 112 Å². The first kappa shape index (κ1) is 104. The molecule has 18 atom stereocenters. The topological polar surface area (TPSA) is 609 Å². The van der Waals surface area contributed by atoms with Gasteiger partial charge in [0.05, 0.1) is 57.3 Å². The van der Waals surface area contributed by atoms with Crippen molar-refractivity contribution >= 4 is 95.1 Å². The summed E-state index contributed by atoms with van der Waals surface area (Å²) < 4.78 is 48.5. The summed E-state index contributed by atoms with van der Waals surface area (Å²) >= 11 is 0. The van der Waals surface area contributed by atoms with Crippen LogP contribution in [0.5, 0.6) is 17.2 Å². The van der Waals surface area contributed by atoms with E-state index in [1.54, 1.807) is 40.1 Å². The number of methoxy groups -OCH3 is 3. The number of hydrogen-bond donors (Lipinski definition) is 11. The number of phosphoric acid groups is 1. The van der Waals surface area contributed by atoms with E-state index in [1.807, 2.05) is 92.7 Å². The number of nitrogens with one attached hydrogen (secondary N) is 2. The number of benzene rings is 2. The van der Waals surface area contributed by atoms with Crippen LogP contribution in [0.3, 0.4) is 0 Å². The Labute approximate surface area is 763 Å². The van der Waals surface area contributed by atoms with Crippen molar-refractivity contribution in [1.29, 1.82) is 5.26 Å². The number of aliphatic imine (C=N–C) groups is 3. The molecule has 708 valence electrons. The van der Waals surface area contributed by atoms with E-state index in [1.165, 1.54) is 17.8 Å². The fourth-order valence-electron chi connectivity index (χ4n) is 21.0. The number of phosphoric ester groups is 1. The van der Waals surface area contributed by atoms with E-state index < -0.39 is 167 Å². The molecule has 10 amide bonds. The van der Waals surface area contributed by atoms with Crippen LogP contribution in [-0.2, 0) is 83.1 Å². The van der Waals surface area contributed by atoms with Crippen LogP contribution in [0.25, 0.3) is 16.4 Å². The number of carbonyl (C=O) groups excluding carboxylic acids is 10. The molecule has 2 aromatic carbocycles. The molecule has 8 heterocycles. The average molecular weight is 1860 g/mol. The Hall–Kier alpha value is -9.97. The molecule has 0 radical (unpaired) electrons. The summed E-state index contributed by atoms with van der Waals surface area (Å²) in [5, 5.41) is 39.1. The third-order valence-corrected chi connectivity index (χ3v) is 29.2. The number of aliphatic hydroxyl groups is 2. The largest absolute Gasteiger partial charge is 3.00 e. The van der Waals surface area contributed by atoms with E-state index in [9.17, 15) is 67.6 Å². The molecule has 0 spiro atoms. The molecule has 1 aromatic heterocycles. The van der Waals surface area contributed by atoms with Crippen LogP contribution in [0, 0.1) is 76.9 Å². The Bertz CT molecular complexity index is 4990. The summed E-state index contributed by atoms with van der Waals surface area (Å²) in [4.78, 5) is 169. The van der Waals surface area contributed by atoms with Crippen LogP contribution >= 0.6 is 7.82 Å². The molecular weight excluding hydrogens is 1730 g/mol. The Kier molecular flexibility index (Phi) is 34.7. The van der Waals surface area contributed by atoms with E-state index in [0.29, 0.717) is 93.0 Å². The van der Waals surface area contributed by atoms with Crippen molar-refractivity contribution in [3.8, 4) is 17.2 Å². The molecule has 8 aliphatic rings. The number of imidazole rings is 1. The quantitative estimate of drug-likeness (QED) is 0.0217. The van der Waals surface area contributed by atoms with Crippen LogP contribution in [0.4, 0.5) is 0 Å². The SMILES string of the molecule is C/C1=C2N=C(/C=C3N=C(/C(C)=C4\[N-][C@@](C)([C@@H]5N=C1[C@](C)(CCC(=O)NCC(C)OP(=O)([O-])O[C@H]1[C@@H](O)[C@@H](n6cnc7cc(C)c(C)cc76)O[C@@H]1CO)[C@H]5CC(N)=O)[C@@](C)(CC(N)=O)[C@@H]4CCC(N)=O)[C@@](C)(CC(N)=O)[C@@H]\3CCC(N)=O)C(C)(C)[C@@H]/2CCC(N)=O.CC[C@H](NC(=O)[C@@H]1CCCCN1C(=O)[C@H](c1cc(OC)c(OC)c(OC)c1)C1CCCCC1)C(N)=O.[C-]#N.[Co+3]. The van der Waals surface area contributed by atoms with Crippen molar-refractivity contribution in [1.82, 2.24) is 25.1 Å². The standard InChI is InChI=1S/C62H90N13O14P.C27H41N3O6.CN.Co/c1-29-20-39-40(21-30(29)2)75(28-70-39)57-52(84)53(41(27-76)87-57)89-90(85,86)88-31(3)26-69-49(83)18-19-59(8)37(22-46(66)80)56-62(11)61(10,25-48(68)82)36(14-17-45(65)79)51(74-62)33(5)55-60(9,24-47(67)81)34(12-15-43(63)77)38(71-55)23-42-58(6,7)35(13-16-44(64)78)50(72-42)32(4)54(59)73-56;1-5-19(25(28)31)29-26(32)20-13-9-10-14-30(20)27(33)23(17-11-7-6-8-12-17)18-15-21(34-2)24(36-4)22(16-18)35-3;1-2;/h20-21,23,28,31,34-37,41,52-53,56-57,76,84H,12-19,22,24-27H2,1-11H3,(H15,63,64,65,66,67,68,69,71,72,73,74,77,78,79,80,81,82,83,85,86);15-17,19-20,23H,5-14H2,1-4H3,(H2,28,31)(H,29,32);;/q;;-1;+3/p-2/t31?,34-,35-,36-,37+,41-,52-,53-,56-,57+,59-,60+,61+,62+;19-,20-,23-;;/m10../s1. The third-order valence-electron chi connectivity index (χ3n) is 28.1. The zero-order valence-corrected chi connectivity index (χ0v) is 78.4. The second kappa shape index (κ2) is 42.9. The molecule has 3 saturated heterocycles. The number of piperidine rings is 1. The molecule has 18 N–H and O–H groups in total. The summed E-state index contributed by atoms with van der Waals surface area (Å²) in [6, 6.07) is 4.99. The number of aromatic nitrogens is 2. The van der Waals surface area contributed by atoms with Gasteiger partial charge in [0.15, 0.2) is 17.7 Å². The van der Waals surface area contributed by atoms with Crippen molar-refractivity contribution in [3.63, 3.8) is 0 Å². The fourth-order valence-corrected chi connectivity index (χ4v) is 22.1. The zero-order valence-electron chi connectivity index (χ0n) is 76.5. The summed E-state index contributed by atoms with van der Waals surface area (Å²) in [6.45, 7) is 26.0. The summed E-state index contributed by atoms with van der Waals surface area (Å²) in [7, 11) is -0.643. The van der Waals surface area contributed by atoms with Gasteiger partial charge in [-0.25, -0.2) is 4.98 Å². The van der Waals surface area contributed by atoms with Crippen LogP contribution in [0.15, 0.2) is 79.9 Å². The van der Waals surface area contributed by atoms with Crippen molar-refractivity contribution in [2.24, 2.45) is 106 Å². The van der Waals surface area contributed by atoms with Gasteiger partial charge < -0.3 is 120 Å². The van der Waals surface area contributed by atoms with Crippen LogP contribution in [0.1, 0.15) is 226 Å². The van der Waals surface area contributed by atoms with E-state index in [0.717, 1.165) is 61.6 Å². The number of aryl methyl sites for hydroxylation is 2. The Balaban J connectivity index is 0.000000439. The smallest absolute Gasteiger partial charge is 0.756 e. The Morgan fingerprint density at radius 1 is 0.736 bits per heavy atom. The van der Waals surface area contributed by atoms with E-state index >= 15 is 0 Å². The Morgan fingerprint density at radius 2 is 1.33 bits per heavy atom. The van der Waals surface area contributed by atoms with Gasteiger partial charge in [-0.05, 0) is 180 Å². The van der Waals surface area contributed by atoms with Gasteiger partial charge >= 0.3 is 16.8 Å². The molecule has 2 unspecified atom stereocenters. The second-order valence-electron chi connectivity index (χ2n) is 36.7. The molecule has 7 aliphatic heterocycles. The van der Waals surface area contributed by atoms with Crippen LogP contribution in [-0.4, -0.2) is 190 Å². The number of ether oxygens (including phenoxy) is 4. The minimum Gasteiger partial charge on any atom is -0.756 e. The first-order valence-electron chi connectivity index (χ1n) is 43.8. The number of rotatable bonds is 36. The van der Waals surface area contributed by atoms with Gasteiger partial charge in [0.1, 0.15) is 30.4 Å². The van der Waals surface area contributed by atoms with Gasteiger partial charge in [-0.1, -0.05) is 73.3 Å². The second-order valence-corrected chi connectivity index (χ2v) is 38.1. The van der Waals surface area contributed by atoms with Gasteiger partial charge in [-0.3, -0.25) is 67.5 Å². The molecule has 1 saturated carbocycles. The molecule has 8 bridgehead atoms. The number of hydrogen-bond acceptors (Lipinski definition) is 25. The summed E-state index contributed by atoms with van der Waals surface area (Å²) in [6.07, 6.45) is 3.02. The van der Waals surface area contributed by atoms with E-state index in [4.69, 9.17) is 100 Å². The van der Waals surface area contributed by atoms with Crippen LogP contribution < -0.4 is 69.9 Å². The predicted octanol–water partition coefficient (Wildman–Crippen LogP) is 6.55. The van der Waals surface area contributed by atoms with E-state index in [-0.39, 0.29) is 112 Å². The maximum atomic E-state index is 14.4. The minimum atomic E-state index is -5.32. The van der Waals surface area contributed by atoms with Gasteiger partial charge in [0.2, 0.25) is 64.8 Å².